The average Bonchev–Trinajstić information content (AvgIpc) is 2.43. The van der Waals surface area contributed by atoms with Crippen molar-refractivity contribution in [2.45, 2.75) is 25.8 Å². The van der Waals surface area contributed by atoms with Gasteiger partial charge in [0.15, 0.2) is 0 Å². The van der Waals surface area contributed by atoms with Gasteiger partial charge in [-0.3, -0.25) is 4.79 Å². The number of hydrogen-bond donors (Lipinski definition) is 3. The standard InChI is InChI=1S/C8H15N5O/c9-6-5-12-13(8(6)11)4-2-1-3-7(10)14/h5H,1-4,9,11H2,(H2,10,14). The van der Waals surface area contributed by atoms with Gasteiger partial charge in [0.05, 0.1) is 11.9 Å². The number of hydrogen-bond acceptors (Lipinski definition) is 4. The van der Waals surface area contributed by atoms with Gasteiger partial charge in [0.2, 0.25) is 5.91 Å². The van der Waals surface area contributed by atoms with Crippen molar-refractivity contribution in [2.75, 3.05) is 11.5 Å². The number of unbranched alkanes of at least 4 members (excludes halogenated alkanes) is 1. The molecular formula is C8H15N5O. The van der Waals surface area contributed by atoms with E-state index in [4.69, 9.17) is 17.2 Å². The summed E-state index contributed by atoms with van der Waals surface area (Å²) in [5.74, 6) is 0.196. The third-order valence-electron chi connectivity index (χ3n) is 1.95. The van der Waals surface area contributed by atoms with E-state index >= 15 is 0 Å². The van der Waals surface area contributed by atoms with E-state index in [-0.39, 0.29) is 5.91 Å². The summed E-state index contributed by atoms with van der Waals surface area (Å²) in [6.07, 6.45) is 3.48. The molecule has 78 valence electrons. The highest BCUT2D eigenvalue weighted by Gasteiger charge is 2.03. The molecule has 0 saturated carbocycles. The van der Waals surface area contributed by atoms with Gasteiger partial charge in [-0.25, -0.2) is 4.68 Å². The molecule has 6 N–H and O–H groups in total. The number of aromatic nitrogens is 2. The van der Waals surface area contributed by atoms with E-state index < -0.39 is 0 Å². The van der Waals surface area contributed by atoms with Crippen LogP contribution in [0, 0.1) is 0 Å². The summed E-state index contributed by atoms with van der Waals surface area (Å²) in [5, 5.41) is 3.98. The third kappa shape index (κ3) is 2.65. The van der Waals surface area contributed by atoms with Crippen molar-refractivity contribution in [1.29, 1.82) is 0 Å². The minimum Gasteiger partial charge on any atom is -0.394 e. The second kappa shape index (κ2) is 4.50. The first-order valence-corrected chi connectivity index (χ1v) is 4.46. The van der Waals surface area contributed by atoms with Gasteiger partial charge in [0.25, 0.3) is 0 Å². The van der Waals surface area contributed by atoms with Gasteiger partial charge in [0, 0.05) is 13.0 Å². The van der Waals surface area contributed by atoms with E-state index in [2.05, 4.69) is 5.10 Å². The van der Waals surface area contributed by atoms with Crippen LogP contribution >= 0.6 is 0 Å². The summed E-state index contributed by atoms with van der Waals surface area (Å²) < 4.78 is 1.62. The summed E-state index contributed by atoms with van der Waals surface area (Å²) in [5.41, 5.74) is 16.6. The largest absolute Gasteiger partial charge is 0.394 e. The summed E-state index contributed by atoms with van der Waals surface area (Å²) in [4.78, 5) is 10.4. The van der Waals surface area contributed by atoms with Gasteiger partial charge in [0.1, 0.15) is 5.82 Å². The van der Waals surface area contributed by atoms with Crippen LogP contribution in [0.15, 0.2) is 6.20 Å². The highest BCUT2D eigenvalue weighted by Crippen LogP contribution is 2.13. The number of amides is 1. The van der Waals surface area contributed by atoms with E-state index in [0.29, 0.717) is 24.5 Å². The number of nitrogens with zero attached hydrogens (tertiary/aromatic N) is 2. The van der Waals surface area contributed by atoms with Gasteiger partial charge in [-0.15, -0.1) is 0 Å². The van der Waals surface area contributed by atoms with Gasteiger partial charge in [-0.1, -0.05) is 0 Å². The van der Waals surface area contributed by atoms with E-state index in [1.807, 2.05) is 0 Å². The number of rotatable bonds is 5. The number of aryl methyl sites for hydroxylation is 1. The Morgan fingerprint density at radius 1 is 1.43 bits per heavy atom. The Morgan fingerprint density at radius 2 is 2.14 bits per heavy atom. The zero-order chi connectivity index (χ0) is 10.6. The fraction of sp³-hybridized carbons (Fsp3) is 0.500. The summed E-state index contributed by atoms with van der Waals surface area (Å²) in [6.45, 7) is 0.663. The lowest BCUT2D eigenvalue weighted by atomic mass is 10.2. The SMILES string of the molecule is NC(=O)CCCCn1ncc(N)c1N. The molecule has 1 rings (SSSR count). The molecule has 6 nitrogen and oxygen atoms in total. The topological polar surface area (TPSA) is 113 Å². The quantitative estimate of drug-likeness (QED) is 0.562. The minimum absolute atomic E-state index is 0.280. The van der Waals surface area contributed by atoms with Crippen LogP contribution in [0.4, 0.5) is 11.5 Å². The van der Waals surface area contributed by atoms with Crippen molar-refractivity contribution in [3.8, 4) is 0 Å². The maximum atomic E-state index is 10.4. The van der Waals surface area contributed by atoms with Crippen LogP contribution in [-0.2, 0) is 11.3 Å². The molecule has 0 bridgehead atoms. The molecule has 0 spiro atoms. The molecule has 0 aromatic carbocycles. The van der Waals surface area contributed by atoms with Crippen LogP contribution < -0.4 is 17.2 Å². The van der Waals surface area contributed by atoms with Crippen molar-refractivity contribution in [3.63, 3.8) is 0 Å². The Labute approximate surface area is 82.0 Å². The Morgan fingerprint density at radius 3 is 2.64 bits per heavy atom. The lowest BCUT2D eigenvalue weighted by Crippen LogP contribution is -2.11. The Hall–Kier alpha value is -1.72. The predicted molar refractivity (Wildman–Crippen MR) is 54.1 cm³/mol. The van der Waals surface area contributed by atoms with Crippen LogP contribution in [-0.4, -0.2) is 15.7 Å². The van der Waals surface area contributed by atoms with Crippen molar-refractivity contribution in [2.24, 2.45) is 5.73 Å². The fourth-order valence-corrected chi connectivity index (χ4v) is 1.15. The lowest BCUT2D eigenvalue weighted by Gasteiger charge is -2.02. The maximum Gasteiger partial charge on any atom is 0.217 e. The van der Waals surface area contributed by atoms with Crippen LogP contribution in [0.2, 0.25) is 0 Å². The second-order valence-corrected chi connectivity index (χ2v) is 3.13. The van der Waals surface area contributed by atoms with Gasteiger partial charge in [-0.2, -0.15) is 5.10 Å². The molecular weight excluding hydrogens is 182 g/mol. The third-order valence-corrected chi connectivity index (χ3v) is 1.95. The molecule has 1 aromatic heterocycles. The number of nitrogens with two attached hydrogens (primary N) is 3. The van der Waals surface area contributed by atoms with Crippen LogP contribution in [0.1, 0.15) is 19.3 Å². The molecule has 0 fully saturated rings. The molecule has 0 aliphatic heterocycles. The van der Waals surface area contributed by atoms with Crippen LogP contribution in [0.3, 0.4) is 0 Å². The average molecular weight is 197 g/mol. The molecule has 0 aliphatic rings. The first-order valence-electron chi connectivity index (χ1n) is 4.46. The highest BCUT2D eigenvalue weighted by atomic mass is 16.1. The number of carbonyl (C=O) groups is 1. The van der Waals surface area contributed by atoms with Gasteiger partial charge in [-0.05, 0) is 12.8 Å². The fourth-order valence-electron chi connectivity index (χ4n) is 1.15. The maximum absolute atomic E-state index is 10.4. The number of primary amides is 1. The molecule has 0 radical (unpaired) electrons. The molecule has 0 unspecified atom stereocenters. The zero-order valence-corrected chi connectivity index (χ0v) is 7.94. The highest BCUT2D eigenvalue weighted by molar-refractivity contribution is 5.73. The summed E-state index contributed by atoms with van der Waals surface area (Å²) >= 11 is 0. The number of carbonyl (C=O) groups excluding carboxylic acids is 1. The Kier molecular flexibility index (Phi) is 3.33. The predicted octanol–water partition coefficient (Wildman–Crippen LogP) is -0.297. The van der Waals surface area contributed by atoms with E-state index in [1.165, 1.54) is 6.20 Å². The molecule has 0 atom stereocenters. The van der Waals surface area contributed by atoms with E-state index in [1.54, 1.807) is 4.68 Å². The zero-order valence-electron chi connectivity index (χ0n) is 7.94. The van der Waals surface area contributed by atoms with Crippen molar-refractivity contribution >= 4 is 17.4 Å². The molecule has 1 amide bonds. The van der Waals surface area contributed by atoms with Crippen LogP contribution in [0.25, 0.3) is 0 Å². The number of nitrogen functional groups attached to an aromatic ring is 2. The van der Waals surface area contributed by atoms with Gasteiger partial charge < -0.3 is 17.2 Å². The van der Waals surface area contributed by atoms with Crippen molar-refractivity contribution in [1.82, 2.24) is 9.78 Å². The minimum atomic E-state index is -0.280. The van der Waals surface area contributed by atoms with E-state index in [9.17, 15) is 4.79 Å². The number of anilines is 2. The molecule has 1 heterocycles. The molecule has 6 heteroatoms. The summed E-state index contributed by atoms with van der Waals surface area (Å²) in [7, 11) is 0. The molecule has 14 heavy (non-hydrogen) atoms. The normalized spacial score (nSPS) is 10.3. The smallest absolute Gasteiger partial charge is 0.217 e. The Balaban J connectivity index is 2.31. The first kappa shape index (κ1) is 10.4. The van der Waals surface area contributed by atoms with Crippen molar-refractivity contribution < 1.29 is 4.79 Å². The van der Waals surface area contributed by atoms with Crippen LogP contribution in [0.5, 0.6) is 0 Å². The molecule has 0 saturated heterocycles. The van der Waals surface area contributed by atoms with Crippen molar-refractivity contribution in [3.05, 3.63) is 6.20 Å². The lowest BCUT2D eigenvalue weighted by molar-refractivity contribution is -0.118. The Bertz CT molecular complexity index is 320. The molecule has 0 aliphatic carbocycles. The second-order valence-electron chi connectivity index (χ2n) is 3.13. The molecule has 1 aromatic rings. The monoisotopic (exact) mass is 197 g/mol. The summed E-state index contributed by atoms with van der Waals surface area (Å²) in [6, 6.07) is 0. The van der Waals surface area contributed by atoms with E-state index in [0.717, 1.165) is 12.8 Å². The first-order chi connectivity index (χ1) is 6.61. The van der Waals surface area contributed by atoms with Gasteiger partial charge >= 0.3 is 0 Å².